The van der Waals surface area contributed by atoms with E-state index in [0.717, 1.165) is 0 Å². The summed E-state index contributed by atoms with van der Waals surface area (Å²) >= 11 is 12.1. The standard InChI is InChI=1S/C16H10Cl2N2O2/c17-10-4-3-5-11(8-10)20-15(16(21)22)9-14(19-20)12-6-1-2-7-13(12)18/h1-9H,(H,21,22). The van der Waals surface area contributed by atoms with Gasteiger partial charge in [0.1, 0.15) is 0 Å². The molecule has 4 nitrogen and oxygen atoms in total. The molecule has 1 aromatic heterocycles. The lowest BCUT2D eigenvalue weighted by atomic mass is 10.1. The topological polar surface area (TPSA) is 55.1 Å². The van der Waals surface area contributed by atoms with Gasteiger partial charge in [-0.2, -0.15) is 5.10 Å². The van der Waals surface area contributed by atoms with E-state index in [0.29, 0.717) is 27.0 Å². The van der Waals surface area contributed by atoms with Crippen molar-refractivity contribution in [2.45, 2.75) is 0 Å². The van der Waals surface area contributed by atoms with E-state index in [1.165, 1.54) is 10.7 Å². The van der Waals surface area contributed by atoms with Crippen molar-refractivity contribution < 1.29 is 9.90 Å². The highest BCUT2D eigenvalue weighted by Gasteiger charge is 2.18. The molecule has 1 heterocycles. The minimum Gasteiger partial charge on any atom is -0.477 e. The Morgan fingerprint density at radius 2 is 1.82 bits per heavy atom. The third kappa shape index (κ3) is 2.71. The summed E-state index contributed by atoms with van der Waals surface area (Å²) < 4.78 is 1.34. The van der Waals surface area contributed by atoms with Gasteiger partial charge in [0.05, 0.1) is 16.4 Å². The van der Waals surface area contributed by atoms with E-state index in [1.807, 2.05) is 6.07 Å². The highest BCUT2D eigenvalue weighted by molar-refractivity contribution is 6.33. The van der Waals surface area contributed by atoms with E-state index < -0.39 is 5.97 Å². The molecule has 2 aromatic carbocycles. The van der Waals surface area contributed by atoms with Crippen molar-refractivity contribution in [3.05, 3.63) is 70.3 Å². The zero-order valence-electron chi connectivity index (χ0n) is 11.2. The summed E-state index contributed by atoms with van der Waals surface area (Å²) in [5.74, 6) is -1.08. The van der Waals surface area contributed by atoms with Gasteiger partial charge >= 0.3 is 5.97 Å². The van der Waals surface area contributed by atoms with E-state index in [9.17, 15) is 9.90 Å². The Hall–Kier alpha value is -2.30. The number of halogens is 2. The fraction of sp³-hybridized carbons (Fsp3) is 0. The Balaban J connectivity index is 2.19. The van der Waals surface area contributed by atoms with Gasteiger partial charge in [-0.15, -0.1) is 0 Å². The van der Waals surface area contributed by atoms with Crippen LogP contribution in [-0.4, -0.2) is 20.9 Å². The van der Waals surface area contributed by atoms with Crippen LogP contribution in [-0.2, 0) is 0 Å². The number of carboxylic acids is 1. The third-order valence-electron chi connectivity index (χ3n) is 3.13. The van der Waals surface area contributed by atoms with Crippen molar-refractivity contribution >= 4 is 29.2 Å². The second-order valence-electron chi connectivity index (χ2n) is 4.59. The highest BCUT2D eigenvalue weighted by atomic mass is 35.5. The van der Waals surface area contributed by atoms with Crippen LogP contribution in [0.2, 0.25) is 10.0 Å². The number of nitrogens with zero attached hydrogens (tertiary/aromatic N) is 2. The van der Waals surface area contributed by atoms with Crippen molar-refractivity contribution in [1.29, 1.82) is 0 Å². The van der Waals surface area contributed by atoms with E-state index in [4.69, 9.17) is 23.2 Å². The normalized spacial score (nSPS) is 10.6. The number of benzene rings is 2. The summed E-state index contributed by atoms with van der Waals surface area (Å²) in [5.41, 5.74) is 1.77. The van der Waals surface area contributed by atoms with Crippen LogP contribution >= 0.6 is 23.2 Å². The lowest BCUT2D eigenvalue weighted by Crippen LogP contribution is -2.07. The Morgan fingerprint density at radius 1 is 1.05 bits per heavy atom. The zero-order valence-corrected chi connectivity index (χ0v) is 12.7. The van der Waals surface area contributed by atoms with Crippen LogP contribution in [0.1, 0.15) is 10.5 Å². The van der Waals surface area contributed by atoms with E-state index in [1.54, 1.807) is 42.5 Å². The quantitative estimate of drug-likeness (QED) is 0.765. The summed E-state index contributed by atoms with van der Waals surface area (Å²) in [4.78, 5) is 11.5. The van der Waals surface area contributed by atoms with Crippen LogP contribution in [0.3, 0.4) is 0 Å². The molecule has 0 saturated heterocycles. The molecule has 0 amide bonds. The van der Waals surface area contributed by atoms with Gasteiger partial charge in [-0.05, 0) is 30.3 Å². The predicted molar refractivity (Wildman–Crippen MR) is 86.0 cm³/mol. The molecular formula is C16H10Cl2N2O2. The molecule has 0 atom stereocenters. The zero-order chi connectivity index (χ0) is 15.7. The minimum absolute atomic E-state index is 0.0391. The van der Waals surface area contributed by atoms with Crippen molar-refractivity contribution in [3.8, 4) is 16.9 Å². The van der Waals surface area contributed by atoms with Gasteiger partial charge in [-0.3, -0.25) is 0 Å². The van der Waals surface area contributed by atoms with Gasteiger partial charge in [-0.25, -0.2) is 9.48 Å². The fourth-order valence-corrected chi connectivity index (χ4v) is 2.56. The molecule has 0 bridgehead atoms. The Bertz CT molecular complexity index is 859. The molecular weight excluding hydrogens is 323 g/mol. The number of aromatic carboxylic acids is 1. The summed E-state index contributed by atoms with van der Waals surface area (Å²) in [5, 5.41) is 14.8. The lowest BCUT2D eigenvalue weighted by Gasteiger charge is -2.04. The van der Waals surface area contributed by atoms with Gasteiger partial charge in [-0.1, -0.05) is 47.5 Å². The summed E-state index contributed by atoms with van der Waals surface area (Å²) in [7, 11) is 0. The monoisotopic (exact) mass is 332 g/mol. The molecule has 0 aliphatic heterocycles. The second-order valence-corrected chi connectivity index (χ2v) is 5.44. The van der Waals surface area contributed by atoms with Gasteiger partial charge in [0.25, 0.3) is 0 Å². The largest absolute Gasteiger partial charge is 0.477 e. The number of aromatic nitrogens is 2. The lowest BCUT2D eigenvalue weighted by molar-refractivity contribution is 0.0687. The van der Waals surface area contributed by atoms with Crippen LogP contribution in [0.15, 0.2) is 54.6 Å². The van der Waals surface area contributed by atoms with Crippen molar-refractivity contribution in [1.82, 2.24) is 9.78 Å². The molecule has 110 valence electrons. The Kier molecular flexibility index (Phi) is 3.88. The molecule has 0 aliphatic rings. The molecule has 22 heavy (non-hydrogen) atoms. The molecule has 0 unspecified atom stereocenters. The van der Waals surface area contributed by atoms with Gasteiger partial charge in [0.2, 0.25) is 0 Å². The molecule has 0 aliphatic carbocycles. The number of rotatable bonds is 3. The van der Waals surface area contributed by atoms with E-state index >= 15 is 0 Å². The van der Waals surface area contributed by atoms with E-state index in [-0.39, 0.29) is 5.69 Å². The third-order valence-corrected chi connectivity index (χ3v) is 3.70. The first-order valence-corrected chi connectivity index (χ1v) is 7.16. The summed E-state index contributed by atoms with van der Waals surface area (Å²) in [6.45, 7) is 0. The molecule has 0 spiro atoms. The Labute approximate surface area is 136 Å². The molecule has 1 N–H and O–H groups in total. The van der Waals surface area contributed by atoms with Crippen molar-refractivity contribution in [2.24, 2.45) is 0 Å². The van der Waals surface area contributed by atoms with Gasteiger partial charge in [0.15, 0.2) is 5.69 Å². The average Bonchev–Trinajstić information content (AvgIpc) is 2.93. The van der Waals surface area contributed by atoms with Crippen LogP contribution in [0.25, 0.3) is 16.9 Å². The highest BCUT2D eigenvalue weighted by Crippen LogP contribution is 2.28. The second kappa shape index (κ2) is 5.83. The molecule has 3 rings (SSSR count). The predicted octanol–water partition coefficient (Wildman–Crippen LogP) is 4.54. The molecule has 0 radical (unpaired) electrons. The maximum absolute atomic E-state index is 11.5. The molecule has 3 aromatic rings. The number of carboxylic acid groups (broad SMARTS) is 1. The first-order valence-electron chi connectivity index (χ1n) is 6.40. The minimum atomic E-state index is -1.08. The fourth-order valence-electron chi connectivity index (χ4n) is 2.14. The van der Waals surface area contributed by atoms with Gasteiger partial charge < -0.3 is 5.11 Å². The molecule has 0 fully saturated rings. The van der Waals surface area contributed by atoms with Crippen LogP contribution in [0, 0.1) is 0 Å². The van der Waals surface area contributed by atoms with Crippen molar-refractivity contribution in [2.75, 3.05) is 0 Å². The SMILES string of the molecule is O=C(O)c1cc(-c2ccccc2Cl)nn1-c1cccc(Cl)c1. The molecule has 6 heteroatoms. The smallest absolute Gasteiger partial charge is 0.354 e. The molecule has 0 saturated carbocycles. The van der Waals surface area contributed by atoms with Crippen LogP contribution in [0.5, 0.6) is 0 Å². The summed E-state index contributed by atoms with van der Waals surface area (Å²) in [6, 6.07) is 15.5. The van der Waals surface area contributed by atoms with Crippen LogP contribution in [0.4, 0.5) is 0 Å². The van der Waals surface area contributed by atoms with E-state index in [2.05, 4.69) is 5.10 Å². The van der Waals surface area contributed by atoms with Gasteiger partial charge in [0, 0.05) is 10.6 Å². The first-order chi connectivity index (χ1) is 10.6. The summed E-state index contributed by atoms with van der Waals surface area (Å²) in [6.07, 6.45) is 0. The maximum Gasteiger partial charge on any atom is 0.354 e. The number of hydrogen-bond acceptors (Lipinski definition) is 2. The maximum atomic E-state index is 11.5. The number of hydrogen-bond donors (Lipinski definition) is 1. The Morgan fingerprint density at radius 3 is 2.50 bits per heavy atom. The number of carbonyl (C=O) groups is 1. The average molecular weight is 333 g/mol. The van der Waals surface area contributed by atoms with Crippen LogP contribution < -0.4 is 0 Å². The first kappa shape index (κ1) is 14.6. The van der Waals surface area contributed by atoms with Crippen molar-refractivity contribution in [3.63, 3.8) is 0 Å².